The Morgan fingerprint density at radius 1 is 1.26 bits per heavy atom. The molecule has 0 saturated carbocycles. The summed E-state index contributed by atoms with van der Waals surface area (Å²) in [6.07, 6.45) is 0. The minimum atomic E-state index is -3.44. The predicted octanol–water partition coefficient (Wildman–Crippen LogP) is 2.04. The second-order valence-electron chi connectivity index (χ2n) is 5.42. The summed E-state index contributed by atoms with van der Waals surface area (Å²) in [5.74, 6) is 0.291. The number of sulfonamides is 1. The second-order valence-corrected chi connectivity index (χ2v) is 7.43. The molecule has 0 spiro atoms. The fourth-order valence-electron chi connectivity index (χ4n) is 2.06. The second kappa shape index (κ2) is 6.03. The van der Waals surface area contributed by atoms with E-state index in [9.17, 15) is 8.42 Å². The maximum atomic E-state index is 12.6. The highest BCUT2D eigenvalue weighted by atomic mass is 32.2. The Bertz CT molecular complexity index is 551. The average molecular weight is 284 g/mol. The monoisotopic (exact) mass is 284 g/mol. The van der Waals surface area contributed by atoms with Crippen molar-refractivity contribution in [3.8, 4) is 0 Å². The van der Waals surface area contributed by atoms with E-state index in [4.69, 9.17) is 5.73 Å². The van der Waals surface area contributed by atoms with Gasteiger partial charge in [0.1, 0.15) is 0 Å². The van der Waals surface area contributed by atoms with Crippen LogP contribution in [0.2, 0.25) is 0 Å². The number of hydrogen-bond acceptors (Lipinski definition) is 3. The highest BCUT2D eigenvalue weighted by Crippen LogP contribution is 2.24. The van der Waals surface area contributed by atoms with Crippen LogP contribution in [0.4, 0.5) is 0 Å². The molecule has 0 amide bonds. The van der Waals surface area contributed by atoms with E-state index in [1.807, 2.05) is 33.8 Å². The number of benzene rings is 1. The van der Waals surface area contributed by atoms with Crippen LogP contribution in [0.5, 0.6) is 0 Å². The topological polar surface area (TPSA) is 63.4 Å². The molecule has 0 aliphatic heterocycles. The lowest BCUT2D eigenvalue weighted by Gasteiger charge is -2.21. The smallest absolute Gasteiger partial charge is 0.243 e. The van der Waals surface area contributed by atoms with Crippen LogP contribution < -0.4 is 5.73 Å². The fourth-order valence-corrected chi connectivity index (χ4v) is 3.74. The molecule has 5 heteroatoms. The first-order chi connectivity index (χ1) is 8.70. The van der Waals surface area contributed by atoms with Gasteiger partial charge in [0.2, 0.25) is 10.0 Å². The SMILES string of the molecule is Cc1cc(CN)cc(S(=O)(=O)N(C)CC(C)C)c1C. The van der Waals surface area contributed by atoms with Gasteiger partial charge in [-0.1, -0.05) is 19.9 Å². The first-order valence-electron chi connectivity index (χ1n) is 6.46. The van der Waals surface area contributed by atoms with Crippen LogP contribution in [0.1, 0.15) is 30.5 Å². The molecule has 2 N–H and O–H groups in total. The van der Waals surface area contributed by atoms with Crippen molar-refractivity contribution in [3.63, 3.8) is 0 Å². The number of hydrogen-bond donors (Lipinski definition) is 1. The van der Waals surface area contributed by atoms with E-state index in [1.165, 1.54) is 4.31 Å². The average Bonchev–Trinajstić information content (AvgIpc) is 2.31. The molecule has 1 aromatic rings. The van der Waals surface area contributed by atoms with E-state index in [2.05, 4.69) is 0 Å². The zero-order chi connectivity index (χ0) is 14.8. The summed E-state index contributed by atoms with van der Waals surface area (Å²) >= 11 is 0. The largest absolute Gasteiger partial charge is 0.326 e. The van der Waals surface area contributed by atoms with Gasteiger partial charge in [-0.05, 0) is 42.5 Å². The lowest BCUT2D eigenvalue weighted by atomic mass is 10.1. The van der Waals surface area contributed by atoms with Gasteiger partial charge in [-0.25, -0.2) is 12.7 Å². The number of nitrogens with two attached hydrogens (primary N) is 1. The van der Waals surface area contributed by atoms with Gasteiger partial charge >= 0.3 is 0 Å². The summed E-state index contributed by atoms with van der Waals surface area (Å²) in [5, 5.41) is 0. The Balaban J connectivity index is 3.32. The third-order valence-corrected chi connectivity index (χ3v) is 5.18. The van der Waals surface area contributed by atoms with Crippen molar-refractivity contribution in [1.82, 2.24) is 4.31 Å². The maximum absolute atomic E-state index is 12.6. The summed E-state index contributed by atoms with van der Waals surface area (Å²) < 4.78 is 26.6. The summed E-state index contributed by atoms with van der Waals surface area (Å²) in [6.45, 7) is 8.60. The molecule has 0 fully saturated rings. The van der Waals surface area contributed by atoms with E-state index >= 15 is 0 Å². The molecule has 0 bridgehead atoms. The Labute approximate surface area is 116 Å². The van der Waals surface area contributed by atoms with Gasteiger partial charge in [0, 0.05) is 20.1 Å². The van der Waals surface area contributed by atoms with E-state index in [0.29, 0.717) is 23.9 Å². The molecule has 19 heavy (non-hydrogen) atoms. The molecule has 1 aromatic carbocycles. The minimum absolute atomic E-state index is 0.291. The number of rotatable bonds is 5. The third-order valence-electron chi connectivity index (χ3n) is 3.23. The lowest BCUT2D eigenvalue weighted by Crippen LogP contribution is -2.31. The molecule has 0 unspecified atom stereocenters. The minimum Gasteiger partial charge on any atom is -0.326 e. The van der Waals surface area contributed by atoms with Gasteiger partial charge in [0.15, 0.2) is 0 Å². The van der Waals surface area contributed by atoms with Gasteiger partial charge in [-0.2, -0.15) is 0 Å². The van der Waals surface area contributed by atoms with Crippen molar-refractivity contribution >= 4 is 10.0 Å². The normalized spacial score (nSPS) is 12.4. The van der Waals surface area contributed by atoms with Crippen molar-refractivity contribution in [2.24, 2.45) is 11.7 Å². The quantitative estimate of drug-likeness (QED) is 0.900. The van der Waals surface area contributed by atoms with Crippen LogP contribution >= 0.6 is 0 Å². The van der Waals surface area contributed by atoms with Gasteiger partial charge in [0.05, 0.1) is 4.90 Å². The van der Waals surface area contributed by atoms with Gasteiger partial charge in [-0.15, -0.1) is 0 Å². The van der Waals surface area contributed by atoms with Crippen LogP contribution in [0.25, 0.3) is 0 Å². The predicted molar refractivity (Wildman–Crippen MR) is 78.5 cm³/mol. The van der Waals surface area contributed by atoms with Crippen molar-refractivity contribution in [1.29, 1.82) is 0 Å². The molecule has 0 saturated heterocycles. The van der Waals surface area contributed by atoms with Gasteiger partial charge in [0.25, 0.3) is 0 Å². The summed E-state index contributed by atoms with van der Waals surface area (Å²) in [5.41, 5.74) is 8.23. The first kappa shape index (κ1) is 16.1. The summed E-state index contributed by atoms with van der Waals surface area (Å²) in [4.78, 5) is 0.371. The Kier molecular flexibility index (Phi) is 5.12. The molecular formula is C14H24N2O2S. The molecule has 108 valence electrons. The Hall–Kier alpha value is -0.910. The molecule has 1 rings (SSSR count). The zero-order valence-electron chi connectivity index (χ0n) is 12.4. The molecule has 0 radical (unpaired) electrons. The standard InChI is InChI=1S/C14H24N2O2S/c1-10(2)9-16(5)19(17,18)14-7-13(8-15)6-11(3)12(14)4/h6-7,10H,8-9,15H2,1-5H3. The molecular weight excluding hydrogens is 260 g/mol. The van der Waals surface area contributed by atoms with E-state index in [0.717, 1.165) is 16.7 Å². The number of nitrogens with zero attached hydrogens (tertiary/aromatic N) is 1. The van der Waals surface area contributed by atoms with Crippen molar-refractivity contribution < 1.29 is 8.42 Å². The zero-order valence-corrected chi connectivity index (χ0v) is 13.2. The maximum Gasteiger partial charge on any atom is 0.243 e. The van der Waals surface area contributed by atoms with Gasteiger partial charge in [-0.3, -0.25) is 0 Å². The van der Waals surface area contributed by atoms with Crippen LogP contribution in [0.15, 0.2) is 17.0 Å². The summed E-state index contributed by atoms with van der Waals surface area (Å²) in [6, 6.07) is 3.63. The molecule has 0 heterocycles. The van der Waals surface area contributed by atoms with Crippen molar-refractivity contribution in [2.45, 2.75) is 39.1 Å². The van der Waals surface area contributed by atoms with E-state index < -0.39 is 10.0 Å². The highest BCUT2D eigenvalue weighted by Gasteiger charge is 2.24. The van der Waals surface area contributed by atoms with Crippen LogP contribution in [-0.4, -0.2) is 26.3 Å². The molecule has 4 nitrogen and oxygen atoms in total. The van der Waals surface area contributed by atoms with E-state index in [1.54, 1.807) is 13.1 Å². The molecule has 0 aliphatic rings. The Morgan fingerprint density at radius 3 is 2.32 bits per heavy atom. The van der Waals surface area contributed by atoms with Crippen molar-refractivity contribution in [3.05, 3.63) is 28.8 Å². The highest BCUT2D eigenvalue weighted by molar-refractivity contribution is 7.89. The molecule has 0 aliphatic carbocycles. The third kappa shape index (κ3) is 3.55. The van der Waals surface area contributed by atoms with E-state index in [-0.39, 0.29) is 0 Å². The lowest BCUT2D eigenvalue weighted by molar-refractivity contribution is 0.417. The van der Waals surface area contributed by atoms with Gasteiger partial charge < -0.3 is 5.73 Å². The Morgan fingerprint density at radius 2 is 1.84 bits per heavy atom. The summed E-state index contributed by atoms with van der Waals surface area (Å²) in [7, 11) is -1.82. The number of aryl methyl sites for hydroxylation is 1. The first-order valence-corrected chi connectivity index (χ1v) is 7.90. The van der Waals surface area contributed by atoms with Crippen LogP contribution in [0, 0.1) is 19.8 Å². The van der Waals surface area contributed by atoms with Crippen LogP contribution in [-0.2, 0) is 16.6 Å². The molecule has 0 atom stereocenters. The fraction of sp³-hybridized carbons (Fsp3) is 0.571. The van der Waals surface area contributed by atoms with Crippen LogP contribution in [0.3, 0.4) is 0 Å². The van der Waals surface area contributed by atoms with Crippen molar-refractivity contribution in [2.75, 3.05) is 13.6 Å². The molecule has 0 aromatic heterocycles.